The summed E-state index contributed by atoms with van der Waals surface area (Å²) in [4.78, 5) is 30.4. The van der Waals surface area contributed by atoms with Crippen molar-refractivity contribution in [2.24, 2.45) is 0 Å². The SMILES string of the molecule is C.CCc1cc(C(O)c2cc(Cl)ccc2CNC)cs1.CCc1cc(C2c3cc(Cl)ccc3CN2C)cs1.CCc1cc(C=O)cs1.CN1Cc2ccc(Cl)cc2C1c1csc(C=O)c1.CNCc1ccc(Cl)cc1Br. The summed E-state index contributed by atoms with van der Waals surface area (Å²) >= 11 is 34.1. The van der Waals surface area contributed by atoms with Crippen LogP contribution < -0.4 is 10.6 Å². The van der Waals surface area contributed by atoms with Crippen LogP contribution in [-0.2, 0) is 45.4 Å². The lowest BCUT2D eigenvalue weighted by Gasteiger charge is -2.19. The number of aldehydes is 2. The summed E-state index contributed by atoms with van der Waals surface area (Å²) in [6, 6.07) is 32.6. The monoisotopic (exact) mass is 1240 g/mol. The van der Waals surface area contributed by atoms with E-state index < -0.39 is 6.10 Å². The third kappa shape index (κ3) is 17.2. The third-order valence-corrected chi connectivity index (χ3v) is 18.4. The summed E-state index contributed by atoms with van der Waals surface area (Å²) < 4.78 is 1.05. The van der Waals surface area contributed by atoms with Crippen LogP contribution in [-0.4, -0.2) is 55.7 Å². The number of hydrogen-bond acceptors (Lipinski definition) is 11. The normalized spacial score (nSPS) is 14.8. The van der Waals surface area contributed by atoms with E-state index in [1.54, 1.807) is 22.7 Å². The van der Waals surface area contributed by atoms with E-state index in [1.165, 1.54) is 64.9 Å². The standard InChI is InChI=1S/C15H18ClNOS.C15H16ClNS.C14H12ClNOS.C8H9BrClN.C7H8OS.CH4/c1-3-13-6-11(9-19-13)15(18)14-7-12(16)5-4-10(14)8-17-2;1-3-13-6-11(9-18-13)15-14-7-12(16)5-4-10(14)8-17(15)2;1-16-6-9-2-3-11(15)5-13(9)14(16)10-4-12(7-17)18-8-10;1-11-5-6-2-3-7(10)4-8(6)9;1-2-7-3-6(4-8)5-9-7;/h4-7,9,15,17-18H,3,8H2,1-2H3;4-7,9,15H,3,8H2,1-2H3;2-5,7-8,14H,6H2,1H3;2-4,11H,5H2,1H3;3-5H,2H2,1H3;1H4. The molecule has 8 aromatic rings. The summed E-state index contributed by atoms with van der Waals surface area (Å²) in [5.41, 5.74) is 12.8. The molecule has 404 valence electrons. The van der Waals surface area contributed by atoms with Crippen molar-refractivity contribution in [3.05, 3.63) is 224 Å². The Morgan fingerprint density at radius 2 is 1.08 bits per heavy atom. The number of rotatable bonds is 13. The van der Waals surface area contributed by atoms with E-state index in [1.807, 2.05) is 103 Å². The van der Waals surface area contributed by atoms with E-state index in [2.05, 4.69) is 112 Å². The highest BCUT2D eigenvalue weighted by Crippen LogP contribution is 2.41. The summed E-state index contributed by atoms with van der Waals surface area (Å²) in [6.45, 7) is 9.91. The molecule has 3 unspecified atom stereocenters. The van der Waals surface area contributed by atoms with Crippen LogP contribution in [0.3, 0.4) is 0 Å². The first-order valence-electron chi connectivity index (χ1n) is 24.5. The Morgan fingerprint density at radius 3 is 1.57 bits per heavy atom. The molecule has 76 heavy (non-hydrogen) atoms. The second-order valence-corrected chi connectivity index (χ2v) is 24.5. The summed E-state index contributed by atoms with van der Waals surface area (Å²) in [6.07, 6.45) is 4.31. The van der Waals surface area contributed by atoms with Gasteiger partial charge in [-0.25, -0.2) is 0 Å². The van der Waals surface area contributed by atoms with E-state index in [0.717, 1.165) is 98.1 Å². The number of nitrogens with one attached hydrogen (secondary N) is 2. The van der Waals surface area contributed by atoms with Gasteiger partial charge >= 0.3 is 0 Å². The van der Waals surface area contributed by atoms with Crippen LogP contribution in [0.5, 0.6) is 0 Å². The minimum atomic E-state index is -0.612. The third-order valence-electron chi connectivity index (χ3n) is 12.6. The topological polar surface area (TPSA) is 84.9 Å². The van der Waals surface area contributed by atoms with Gasteiger partial charge in [-0.3, -0.25) is 19.4 Å². The van der Waals surface area contributed by atoms with Gasteiger partial charge < -0.3 is 15.7 Å². The Bertz CT molecular complexity index is 3120. The van der Waals surface area contributed by atoms with Crippen LogP contribution in [0, 0.1) is 0 Å². The van der Waals surface area contributed by atoms with E-state index in [4.69, 9.17) is 46.4 Å². The zero-order chi connectivity index (χ0) is 54.2. The first kappa shape index (κ1) is 63.3. The molecule has 0 saturated heterocycles. The number of carbonyl (C=O) groups is 2. The number of nitrogens with zero attached hydrogens (tertiary/aromatic N) is 2. The van der Waals surface area contributed by atoms with Gasteiger partial charge in [0.05, 0.1) is 17.0 Å². The minimum Gasteiger partial charge on any atom is -0.384 e. The van der Waals surface area contributed by atoms with Crippen LogP contribution >= 0.6 is 108 Å². The van der Waals surface area contributed by atoms with Crippen LogP contribution in [0.15, 0.2) is 123 Å². The molecule has 0 spiro atoms. The molecule has 4 aromatic heterocycles. The van der Waals surface area contributed by atoms with Crippen LogP contribution in [0.2, 0.25) is 20.1 Å². The lowest BCUT2D eigenvalue weighted by molar-refractivity contribution is 0.111. The maximum Gasteiger partial charge on any atom is 0.160 e. The highest BCUT2D eigenvalue weighted by Gasteiger charge is 2.31. The maximum absolute atomic E-state index is 10.8. The smallest absolute Gasteiger partial charge is 0.160 e. The second kappa shape index (κ2) is 31.3. The Labute approximate surface area is 495 Å². The molecule has 0 amide bonds. The van der Waals surface area contributed by atoms with Crippen molar-refractivity contribution >= 4 is 120 Å². The van der Waals surface area contributed by atoms with Crippen LogP contribution in [0.4, 0.5) is 0 Å². The number of hydrogen-bond donors (Lipinski definition) is 3. The molecule has 16 heteroatoms. The first-order chi connectivity index (χ1) is 36.1. The van der Waals surface area contributed by atoms with Gasteiger partial charge in [-0.2, -0.15) is 0 Å². The van der Waals surface area contributed by atoms with Gasteiger partial charge in [-0.15, -0.1) is 45.3 Å². The van der Waals surface area contributed by atoms with Crippen LogP contribution in [0.1, 0.15) is 137 Å². The number of halogens is 5. The number of aryl methyl sites for hydroxylation is 3. The molecule has 0 aliphatic carbocycles. The molecule has 3 atom stereocenters. The average molecular weight is 1240 g/mol. The van der Waals surface area contributed by atoms with Crippen molar-refractivity contribution in [2.45, 2.75) is 91.8 Å². The molecule has 4 aromatic carbocycles. The lowest BCUT2D eigenvalue weighted by Crippen LogP contribution is -2.16. The highest BCUT2D eigenvalue weighted by atomic mass is 79.9. The van der Waals surface area contributed by atoms with Crippen molar-refractivity contribution < 1.29 is 14.7 Å². The molecule has 0 fully saturated rings. The summed E-state index contributed by atoms with van der Waals surface area (Å²) in [7, 11) is 8.09. The molecule has 0 saturated carbocycles. The predicted molar refractivity (Wildman–Crippen MR) is 333 cm³/mol. The fourth-order valence-electron chi connectivity index (χ4n) is 8.87. The quantitative estimate of drug-likeness (QED) is 0.0992. The van der Waals surface area contributed by atoms with E-state index in [0.29, 0.717) is 17.6 Å². The molecular formula is C60H67BrCl4N4O3S4. The minimum absolute atomic E-state index is 0. The number of thiophene rings is 4. The van der Waals surface area contributed by atoms with Crippen molar-refractivity contribution in [2.75, 3.05) is 28.2 Å². The molecule has 6 heterocycles. The van der Waals surface area contributed by atoms with Crippen molar-refractivity contribution in [3.63, 3.8) is 0 Å². The van der Waals surface area contributed by atoms with Crippen molar-refractivity contribution in [3.8, 4) is 0 Å². The number of aliphatic hydroxyl groups is 1. The molecule has 2 aliphatic heterocycles. The van der Waals surface area contributed by atoms with Gasteiger partial charge in [0.25, 0.3) is 0 Å². The van der Waals surface area contributed by atoms with Gasteiger partial charge in [-0.1, -0.05) is 115 Å². The Morgan fingerprint density at radius 1 is 0.605 bits per heavy atom. The van der Waals surface area contributed by atoms with Gasteiger partial charge in [-0.05, 0) is 192 Å². The summed E-state index contributed by atoms with van der Waals surface area (Å²) in [5.74, 6) is 0. The van der Waals surface area contributed by atoms with Gasteiger partial charge in [0, 0.05) is 76.3 Å². The number of carbonyl (C=O) groups excluding carboxylic acids is 2. The zero-order valence-corrected chi connectivity index (χ0v) is 50.9. The lowest BCUT2D eigenvalue weighted by atomic mass is 9.98. The number of benzene rings is 4. The molecule has 3 N–H and O–H groups in total. The fourth-order valence-corrected chi connectivity index (χ4v) is 13.5. The molecule has 0 bridgehead atoms. The van der Waals surface area contributed by atoms with Crippen molar-refractivity contribution in [1.82, 2.24) is 20.4 Å². The van der Waals surface area contributed by atoms with Gasteiger partial charge in [0.1, 0.15) is 6.10 Å². The molecule has 0 radical (unpaired) electrons. The molecular weight excluding hydrogens is 1170 g/mol. The Hall–Kier alpha value is -3.54. The largest absolute Gasteiger partial charge is 0.384 e. The van der Waals surface area contributed by atoms with E-state index >= 15 is 0 Å². The predicted octanol–water partition coefficient (Wildman–Crippen LogP) is 17.6. The summed E-state index contributed by atoms with van der Waals surface area (Å²) in [5, 5.41) is 28.0. The van der Waals surface area contributed by atoms with Gasteiger partial charge in [0.2, 0.25) is 0 Å². The maximum atomic E-state index is 10.8. The first-order valence-corrected chi connectivity index (χ1v) is 30.3. The highest BCUT2D eigenvalue weighted by molar-refractivity contribution is 9.10. The Balaban J connectivity index is 0.000000179. The molecule has 2 aliphatic rings. The molecule has 10 rings (SSSR count). The van der Waals surface area contributed by atoms with Crippen molar-refractivity contribution in [1.29, 1.82) is 0 Å². The van der Waals surface area contributed by atoms with Gasteiger partial charge in [0.15, 0.2) is 12.6 Å². The molecule has 7 nitrogen and oxygen atoms in total. The second-order valence-electron chi connectivity index (χ2n) is 18.0. The van der Waals surface area contributed by atoms with E-state index in [9.17, 15) is 14.7 Å². The number of fused-ring (bicyclic) bond motifs is 2. The fraction of sp³-hybridized carbons (Fsp3) is 0.300. The Kier molecular flexibility index (Phi) is 26.1. The number of aliphatic hydroxyl groups excluding tert-OH is 1. The van der Waals surface area contributed by atoms with E-state index in [-0.39, 0.29) is 13.5 Å². The average Bonchev–Trinajstić information content (AvgIpc) is 4.29. The van der Waals surface area contributed by atoms with Crippen LogP contribution in [0.25, 0.3) is 0 Å². The zero-order valence-electron chi connectivity index (χ0n) is 43.1.